The van der Waals surface area contributed by atoms with Crippen molar-refractivity contribution < 1.29 is 23.4 Å². The molecule has 1 N–H and O–H groups in total. The molecule has 0 radical (unpaired) electrons. The van der Waals surface area contributed by atoms with Gasteiger partial charge in [0, 0.05) is 12.1 Å². The van der Waals surface area contributed by atoms with Crippen molar-refractivity contribution in [3.8, 4) is 11.5 Å². The number of hydrogen-bond acceptors (Lipinski definition) is 3. The van der Waals surface area contributed by atoms with Gasteiger partial charge in [-0.2, -0.15) is 0 Å². The van der Waals surface area contributed by atoms with Crippen molar-refractivity contribution in [3.05, 3.63) is 59.2 Å². The van der Waals surface area contributed by atoms with E-state index in [2.05, 4.69) is 0 Å². The van der Waals surface area contributed by atoms with E-state index in [1.54, 1.807) is 18.2 Å². The summed E-state index contributed by atoms with van der Waals surface area (Å²) in [6, 6.07) is 8.46. The van der Waals surface area contributed by atoms with Crippen molar-refractivity contribution in [2.24, 2.45) is 0 Å². The molecular formula is C15H14F2O3. The van der Waals surface area contributed by atoms with E-state index in [1.165, 1.54) is 20.3 Å². The van der Waals surface area contributed by atoms with E-state index in [4.69, 9.17) is 9.47 Å². The molecule has 0 saturated heterocycles. The van der Waals surface area contributed by atoms with Crippen LogP contribution < -0.4 is 9.47 Å². The molecule has 0 saturated carbocycles. The second-order valence-electron chi connectivity index (χ2n) is 4.18. The van der Waals surface area contributed by atoms with Crippen LogP contribution in [0.25, 0.3) is 0 Å². The van der Waals surface area contributed by atoms with Gasteiger partial charge in [0.1, 0.15) is 29.2 Å². The number of methoxy groups -OCH3 is 2. The van der Waals surface area contributed by atoms with Gasteiger partial charge in [-0.3, -0.25) is 0 Å². The molecule has 106 valence electrons. The lowest BCUT2D eigenvalue weighted by Gasteiger charge is -2.15. The summed E-state index contributed by atoms with van der Waals surface area (Å²) in [6.45, 7) is 0. The van der Waals surface area contributed by atoms with Crippen LogP contribution in [-0.4, -0.2) is 19.3 Å². The topological polar surface area (TPSA) is 38.7 Å². The lowest BCUT2D eigenvalue weighted by Crippen LogP contribution is -2.06. The van der Waals surface area contributed by atoms with Gasteiger partial charge in [0.05, 0.1) is 19.8 Å². The molecule has 2 aromatic rings. The summed E-state index contributed by atoms with van der Waals surface area (Å²) in [5.41, 5.74) is -0.0774. The summed E-state index contributed by atoms with van der Waals surface area (Å²) >= 11 is 0. The van der Waals surface area contributed by atoms with Gasteiger partial charge in [0.15, 0.2) is 0 Å². The van der Waals surface area contributed by atoms with Crippen LogP contribution in [0.4, 0.5) is 8.78 Å². The molecular weight excluding hydrogens is 266 g/mol. The van der Waals surface area contributed by atoms with Gasteiger partial charge < -0.3 is 14.6 Å². The maximum atomic E-state index is 13.9. The van der Waals surface area contributed by atoms with Gasteiger partial charge in [-0.25, -0.2) is 8.78 Å². The first-order valence-electron chi connectivity index (χ1n) is 5.91. The van der Waals surface area contributed by atoms with E-state index in [0.29, 0.717) is 11.3 Å². The highest BCUT2D eigenvalue weighted by Gasteiger charge is 2.21. The fourth-order valence-electron chi connectivity index (χ4n) is 1.92. The zero-order valence-corrected chi connectivity index (χ0v) is 11.1. The molecule has 2 rings (SSSR count). The van der Waals surface area contributed by atoms with Crippen LogP contribution in [0.5, 0.6) is 11.5 Å². The Kier molecular flexibility index (Phi) is 4.20. The third-order valence-electron chi connectivity index (χ3n) is 2.97. The van der Waals surface area contributed by atoms with E-state index in [9.17, 15) is 13.9 Å². The lowest BCUT2D eigenvalue weighted by molar-refractivity contribution is 0.208. The van der Waals surface area contributed by atoms with E-state index in [0.717, 1.165) is 12.1 Å². The minimum atomic E-state index is -1.42. The van der Waals surface area contributed by atoms with Crippen LogP contribution in [0.1, 0.15) is 17.2 Å². The second kappa shape index (κ2) is 5.88. The molecule has 1 atom stereocenters. The van der Waals surface area contributed by atoms with Crippen molar-refractivity contribution in [2.75, 3.05) is 14.2 Å². The lowest BCUT2D eigenvalue weighted by atomic mass is 10.00. The fourth-order valence-corrected chi connectivity index (χ4v) is 1.92. The van der Waals surface area contributed by atoms with Crippen LogP contribution in [0.2, 0.25) is 0 Å². The number of halogens is 2. The summed E-state index contributed by atoms with van der Waals surface area (Å²) in [6.07, 6.45) is -1.42. The molecule has 1 unspecified atom stereocenters. The average Bonchev–Trinajstić information content (AvgIpc) is 2.46. The van der Waals surface area contributed by atoms with Crippen molar-refractivity contribution in [1.29, 1.82) is 0 Å². The Morgan fingerprint density at radius 3 is 2.10 bits per heavy atom. The molecule has 2 aromatic carbocycles. The van der Waals surface area contributed by atoms with E-state index in [1.807, 2.05) is 0 Å². The Labute approximate surface area is 115 Å². The highest BCUT2D eigenvalue weighted by molar-refractivity contribution is 5.39. The quantitative estimate of drug-likeness (QED) is 0.935. The number of benzene rings is 2. The van der Waals surface area contributed by atoms with Crippen molar-refractivity contribution in [2.45, 2.75) is 6.10 Å². The third kappa shape index (κ3) is 2.72. The fraction of sp³-hybridized carbons (Fsp3) is 0.200. The van der Waals surface area contributed by atoms with Crippen LogP contribution in [0.3, 0.4) is 0 Å². The Bertz CT molecular complexity index is 591. The maximum absolute atomic E-state index is 13.9. The van der Waals surface area contributed by atoms with Crippen LogP contribution in [0.15, 0.2) is 36.4 Å². The minimum Gasteiger partial charge on any atom is -0.497 e. The molecule has 0 fully saturated rings. The van der Waals surface area contributed by atoms with Crippen molar-refractivity contribution in [3.63, 3.8) is 0 Å². The van der Waals surface area contributed by atoms with Gasteiger partial charge in [-0.05, 0) is 17.7 Å². The van der Waals surface area contributed by atoms with Crippen molar-refractivity contribution >= 4 is 0 Å². The standard InChI is InChI=1S/C15H14F2O3/c1-19-10-5-3-4-9(6-10)15(18)14-12(16)7-11(20-2)8-13(14)17/h3-8,15,18H,1-2H3. The van der Waals surface area contributed by atoms with Crippen molar-refractivity contribution in [1.82, 2.24) is 0 Å². The van der Waals surface area contributed by atoms with Gasteiger partial charge in [-0.15, -0.1) is 0 Å². The Balaban J connectivity index is 2.44. The first-order valence-corrected chi connectivity index (χ1v) is 5.91. The molecule has 0 aromatic heterocycles. The molecule has 0 bridgehead atoms. The zero-order valence-electron chi connectivity index (χ0n) is 11.1. The Morgan fingerprint density at radius 2 is 1.55 bits per heavy atom. The first kappa shape index (κ1) is 14.3. The van der Waals surface area contributed by atoms with Gasteiger partial charge in [0.2, 0.25) is 0 Å². The molecule has 0 aliphatic rings. The summed E-state index contributed by atoms with van der Waals surface area (Å²) in [7, 11) is 2.78. The predicted octanol–water partition coefficient (Wildman–Crippen LogP) is 3.06. The molecule has 0 amide bonds. The van der Waals surface area contributed by atoms with Gasteiger partial charge in [-0.1, -0.05) is 12.1 Å². The van der Waals surface area contributed by atoms with Crippen LogP contribution in [0, 0.1) is 11.6 Å². The molecule has 0 aliphatic carbocycles. The van der Waals surface area contributed by atoms with Crippen LogP contribution >= 0.6 is 0 Å². The smallest absolute Gasteiger partial charge is 0.135 e. The predicted molar refractivity (Wildman–Crippen MR) is 70.0 cm³/mol. The second-order valence-corrected chi connectivity index (χ2v) is 4.18. The zero-order chi connectivity index (χ0) is 14.7. The summed E-state index contributed by atoms with van der Waals surface area (Å²) < 4.78 is 37.6. The summed E-state index contributed by atoms with van der Waals surface area (Å²) in [5, 5.41) is 10.2. The summed E-state index contributed by atoms with van der Waals surface area (Å²) in [4.78, 5) is 0. The number of hydrogen-bond donors (Lipinski definition) is 1. The molecule has 0 spiro atoms. The maximum Gasteiger partial charge on any atom is 0.135 e. The van der Waals surface area contributed by atoms with E-state index in [-0.39, 0.29) is 5.75 Å². The number of aliphatic hydroxyl groups is 1. The van der Waals surface area contributed by atoms with Gasteiger partial charge in [0.25, 0.3) is 0 Å². The number of ether oxygens (including phenoxy) is 2. The Morgan fingerprint density at radius 1 is 0.950 bits per heavy atom. The van der Waals surface area contributed by atoms with E-state index >= 15 is 0 Å². The Hall–Kier alpha value is -2.14. The largest absolute Gasteiger partial charge is 0.497 e. The monoisotopic (exact) mass is 280 g/mol. The summed E-state index contributed by atoms with van der Waals surface area (Å²) in [5.74, 6) is -1.17. The van der Waals surface area contributed by atoms with Crippen LogP contribution in [-0.2, 0) is 0 Å². The number of aliphatic hydroxyl groups excluding tert-OH is 1. The minimum absolute atomic E-state index is 0.0570. The third-order valence-corrected chi connectivity index (χ3v) is 2.97. The SMILES string of the molecule is COc1cccc(C(O)c2c(F)cc(OC)cc2F)c1. The normalized spacial score (nSPS) is 12.1. The molecule has 5 heteroatoms. The molecule has 0 heterocycles. The average molecular weight is 280 g/mol. The molecule has 3 nitrogen and oxygen atoms in total. The highest BCUT2D eigenvalue weighted by atomic mass is 19.1. The van der Waals surface area contributed by atoms with E-state index < -0.39 is 23.3 Å². The number of rotatable bonds is 4. The highest BCUT2D eigenvalue weighted by Crippen LogP contribution is 2.31. The molecule has 20 heavy (non-hydrogen) atoms. The first-order chi connectivity index (χ1) is 9.56. The van der Waals surface area contributed by atoms with Gasteiger partial charge >= 0.3 is 0 Å². The molecule has 0 aliphatic heterocycles.